The first kappa shape index (κ1) is 23.2. The molecule has 33 heavy (non-hydrogen) atoms. The van der Waals surface area contributed by atoms with Crippen LogP contribution in [0.15, 0.2) is 41.4 Å². The summed E-state index contributed by atoms with van der Waals surface area (Å²) in [6.45, 7) is 0.100. The number of carbonyl (C=O) groups is 1. The molecule has 0 saturated carbocycles. The van der Waals surface area contributed by atoms with Crippen LogP contribution in [-0.2, 0) is 32.3 Å². The fraction of sp³-hybridized carbons (Fsp3) is 0.238. The third-order valence-electron chi connectivity index (χ3n) is 5.36. The fourth-order valence-corrected chi connectivity index (χ4v) is 4.88. The largest absolute Gasteiger partial charge is 0.505 e. The van der Waals surface area contributed by atoms with Crippen LogP contribution in [0.1, 0.15) is 21.5 Å². The first-order valence-electron chi connectivity index (χ1n) is 9.65. The summed E-state index contributed by atoms with van der Waals surface area (Å²) in [5.41, 5.74) is 1.36. The molecule has 12 heteroatoms. The minimum Gasteiger partial charge on any atom is -0.505 e. The molecule has 0 fully saturated rings. The van der Waals surface area contributed by atoms with E-state index in [0.717, 1.165) is 22.6 Å². The SMILES string of the molecule is COOSc1cc(F)ccc1CN1Cc2c(c(O)c3ncccc3c2N(C)S(C)(=O)=O)C1=O. The van der Waals surface area contributed by atoms with Crippen molar-refractivity contribution in [2.75, 3.05) is 24.7 Å². The van der Waals surface area contributed by atoms with E-state index in [9.17, 15) is 22.7 Å². The molecule has 1 aliphatic heterocycles. The van der Waals surface area contributed by atoms with Gasteiger partial charge in [0.1, 0.15) is 11.3 Å². The third-order valence-corrected chi connectivity index (χ3v) is 7.30. The van der Waals surface area contributed by atoms with Crippen LogP contribution in [0.4, 0.5) is 10.1 Å². The number of phenolic OH excluding ortho intramolecular Hbond substituents is 1. The highest BCUT2D eigenvalue weighted by Crippen LogP contribution is 2.44. The number of halogens is 1. The van der Waals surface area contributed by atoms with Gasteiger partial charge in [-0.1, -0.05) is 6.07 Å². The maximum absolute atomic E-state index is 13.8. The van der Waals surface area contributed by atoms with Crippen LogP contribution >= 0.6 is 12.0 Å². The molecule has 1 N–H and O–H groups in total. The maximum Gasteiger partial charge on any atom is 0.258 e. The average Bonchev–Trinajstić information content (AvgIpc) is 3.09. The van der Waals surface area contributed by atoms with E-state index in [2.05, 4.69) is 9.87 Å². The van der Waals surface area contributed by atoms with Crippen LogP contribution in [0.3, 0.4) is 0 Å². The Morgan fingerprint density at radius 3 is 2.79 bits per heavy atom. The van der Waals surface area contributed by atoms with Gasteiger partial charge in [0.25, 0.3) is 5.91 Å². The van der Waals surface area contributed by atoms with Crippen LogP contribution < -0.4 is 4.31 Å². The number of anilines is 1. The zero-order valence-electron chi connectivity index (χ0n) is 17.9. The fourth-order valence-electron chi connectivity index (χ4n) is 3.80. The molecular formula is C21H20FN3O6S2. The van der Waals surface area contributed by atoms with Crippen molar-refractivity contribution in [2.24, 2.45) is 0 Å². The van der Waals surface area contributed by atoms with Crippen LogP contribution in [0.2, 0.25) is 0 Å². The lowest BCUT2D eigenvalue weighted by Gasteiger charge is -2.22. The highest BCUT2D eigenvalue weighted by atomic mass is 32.2. The summed E-state index contributed by atoms with van der Waals surface area (Å²) < 4.78 is 44.4. The molecule has 0 unspecified atom stereocenters. The molecule has 1 aliphatic rings. The number of sulfonamides is 1. The molecule has 0 aliphatic carbocycles. The van der Waals surface area contributed by atoms with Crippen molar-refractivity contribution in [2.45, 2.75) is 18.0 Å². The number of pyridine rings is 1. The van der Waals surface area contributed by atoms with Crippen molar-refractivity contribution < 1.29 is 31.9 Å². The number of rotatable bonds is 7. The Labute approximate surface area is 193 Å². The Bertz CT molecular complexity index is 1370. The minimum atomic E-state index is -3.68. The van der Waals surface area contributed by atoms with Crippen LogP contribution in [0.25, 0.3) is 10.9 Å². The summed E-state index contributed by atoms with van der Waals surface area (Å²) in [7, 11) is -0.978. The molecule has 0 spiro atoms. The predicted molar refractivity (Wildman–Crippen MR) is 121 cm³/mol. The van der Waals surface area contributed by atoms with Gasteiger partial charge in [-0.25, -0.2) is 17.7 Å². The summed E-state index contributed by atoms with van der Waals surface area (Å²) in [6, 6.07) is 7.31. The minimum absolute atomic E-state index is 0.00356. The number of aromatic hydroxyl groups is 1. The first-order chi connectivity index (χ1) is 15.6. The molecule has 1 aromatic heterocycles. The van der Waals surface area contributed by atoms with Crippen LogP contribution in [0.5, 0.6) is 5.75 Å². The molecule has 2 aromatic carbocycles. The Hall–Kier alpha value is -2.93. The van der Waals surface area contributed by atoms with Crippen LogP contribution in [0, 0.1) is 5.82 Å². The van der Waals surface area contributed by atoms with Gasteiger partial charge in [0, 0.05) is 42.2 Å². The number of benzene rings is 2. The lowest BCUT2D eigenvalue weighted by Crippen LogP contribution is -2.26. The first-order valence-corrected chi connectivity index (χ1v) is 12.2. The molecule has 0 saturated heterocycles. The molecule has 1 amide bonds. The normalized spacial score (nSPS) is 13.6. The van der Waals surface area contributed by atoms with E-state index >= 15 is 0 Å². The number of fused-ring (bicyclic) bond motifs is 2. The van der Waals surface area contributed by atoms with E-state index in [1.807, 2.05) is 0 Å². The van der Waals surface area contributed by atoms with E-state index in [1.54, 1.807) is 12.1 Å². The number of hydrogen-bond donors (Lipinski definition) is 1. The Morgan fingerprint density at radius 2 is 2.09 bits per heavy atom. The lowest BCUT2D eigenvalue weighted by atomic mass is 10.0. The Kier molecular flexibility index (Phi) is 6.18. The van der Waals surface area contributed by atoms with Crippen molar-refractivity contribution in [1.29, 1.82) is 0 Å². The standard InChI is InChI=1S/C21H20FN3O6S2/c1-24(33(3,28)29)19-14-5-4-8-23-18(14)20(26)17-15(19)11-25(21(17)27)10-12-6-7-13(22)9-16(12)32-31-30-2/h4-9,26H,10-11H2,1-3H3. The van der Waals surface area contributed by atoms with E-state index in [0.29, 0.717) is 21.4 Å². The van der Waals surface area contributed by atoms with Gasteiger partial charge in [0.15, 0.2) is 5.75 Å². The number of hydrogen-bond acceptors (Lipinski definition) is 8. The van der Waals surface area contributed by atoms with E-state index < -0.39 is 21.7 Å². The highest BCUT2D eigenvalue weighted by Gasteiger charge is 2.37. The van der Waals surface area contributed by atoms with Gasteiger partial charge in [0.05, 0.1) is 36.7 Å². The molecule has 0 atom stereocenters. The highest BCUT2D eigenvalue weighted by molar-refractivity contribution is 7.94. The maximum atomic E-state index is 13.8. The lowest BCUT2D eigenvalue weighted by molar-refractivity contribution is -0.160. The van der Waals surface area contributed by atoms with Gasteiger partial charge in [-0.3, -0.25) is 14.1 Å². The summed E-state index contributed by atoms with van der Waals surface area (Å²) in [5.74, 6) is -1.29. The Balaban J connectivity index is 1.82. The summed E-state index contributed by atoms with van der Waals surface area (Å²) in [5, 5.41) is 11.3. The van der Waals surface area contributed by atoms with E-state index in [-0.39, 0.29) is 35.6 Å². The van der Waals surface area contributed by atoms with Crippen LogP contribution in [-0.4, -0.2) is 49.7 Å². The van der Waals surface area contributed by atoms with Gasteiger partial charge in [0.2, 0.25) is 10.0 Å². The summed E-state index contributed by atoms with van der Waals surface area (Å²) in [6.07, 6.45) is 2.51. The number of nitrogens with zero attached hydrogens (tertiary/aromatic N) is 3. The second kappa shape index (κ2) is 8.78. The van der Waals surface area contributed by atoms with Gasteiger partial charge in [-0.15, -0.1) is 0 Å². The zero-order valence-corrected chi connectivity index (χ0v) is 19.5. The molecule has 0 bridgehead atoms. The topological polar surface area (TPSA) is 109 Å². The molecule has 9 nitrogen and oxygen atoms in total. The molecule has 4 rings (SSSR count). The van der Waals surface area contributed by atoms with Crippen molar-refractivity contribution >= 4 is 44.6 Å². The van der Waals surface area contributed by atoms with Crippen molar-refractivity contribution in [1.82, 2.24) is 9.88 Å². The van der Waals surface area contributed by atoms with Gasteiger partial charge < -0.3 is 10.0 Å². The van der Waals surface area contributed by atoms with Crippen molar-refractivity contribution in [3.8, 4) is 5.75 Å². The number of carbonyl (C=O) groups excluding carboxylic acids is 1. The zero-order chi connectivity index (χ0) is 23.9. The average molecular weight is 494 g/mol. The smallest absolute Gasteiger partial charge is 0.258 e. The quantitative estimate of drug-likeness (QED) is 0.304. The summed E-state index contributed by atoms with van der Waals surface area (Å²) in [4.78, 5) is 23.9. The predicted octanol–water partition coefficient (Wildman–Crippen LogP) is 3.22. The number of phenols is 1. The van der Waals surface area contributed by atoms with Gasteiger partial charge in [-0.2, -0.15) is 4.33 Å². The second-order valence-corrected chi connectivity index (χ2v) is 10.2. The molecular weight excluding hydrogens is 473 g/mol. The number of amides is 1. The van der Waals surface area contributed by atoms with Gasteiger partial charge in [-0.05, 0) is 29.8 Å². The van der Waals surface area contributed by atoms with Crippen molar-refractivity contribution in [3.63, 3.8) is 0 Å². The molecule has 3 aromatic rings. The summed E-state index contributed by atoms with van der Waals surface area (Å²) >= 11 is 0.799. The molecule has 0 radical (unpaired) electrons. The van der Waals surface area contributed by atoms with Crippen molar-refractivity contribution in [3.05, 3.63) is 59.0 Å². The third kappa shape index (κ3) is 4.22. The monoisotopic (exact) mass is 493 g/mol. The molecule has 2 heterocycles. The van der Waals surface area contributed by atoms with Gasteiger partial charge >= 0.3 is 0 Å². The van der Waals surface area contributed by atoms with E-state index in [4.69, 9.17) is 4.33 Å². The Morgan fingerprint density at radius 1 is 1.33 bits per heavy atom. The second-order valence-electron chi connectivity index (χ2n) is 7.41. The van der Waals surface area contributed by atoms with E-state index in [1.165, 1.54) is 43.5 Å². The molecule has 174 valence electrons. The number of aromatic nitrogens is 1.